The van der Waals surface area contributed by atoms with Crippen molar-refractivity contribution in [2.75, 3.05) is 0 Å². The standard InChI is InChI=1S/C27H37F3O/c28-25-7-4-8-26(19-25)31-27(29,30)24-17-13-21(14-18-24)10-9-20-11-15-23(16-12-20)22-5-2-1-3-6-22/h4,7-10,19-24H,1-3,5-6,11-18H2/b10-9+. The van der Waals surface area contributed by atoms with Gasteiger partial charge in [0.2, 0.25) is 0 Å². The number of alkyl halides is 2. The first-order valence-electron chi connectivity index (χ1n) is 12.5. The van der Waals surface area contributed by atoms with Crippen LogP contribution in [-0.2, 0) is 0 Å². The van der Waals surface area contributed by atoms with Gasteiger partial charge in [-0.1, -0.05) is 50.3 Å². The zero-order valence-corrected chi connectivity index (χ0v) is 18.6. The normalized spacial score (nSPS) is 31.1. The zero-order chi connectivity index (χ0) is 21.7. The molecule has 0 saturated heterocycles. The number of rotatable bonds is 6. The van der Waals surface area contributed by atoms with E-state index in [2.05, 4.69) is 12.2 Å². The molecule has 3 saturated carbocycles. The molecule has 0 atom stereocenters. The van der Waals surface area contributed by atoms with Crippen molar-refractivity contribution < 1.29 is 17.9 Å². The van der Waals surface area contributed by atoms with Crippen LogP contribution in [0.5, 0.6) is 5.75 Å². The molecule has 1 aromatic rings. The summed E-state index contributed by atoms with van der Waals surface area (Å²) in [5, 5.41) is 0. The Morgan fingerprint density at radius 2 is 1.32 bits per heavy atom. The third-order valence-corrected chi connectivity index (χ3v) is 8.09. The van der Waals surface area contributed by atoms with Crippen LogP contribution in [0.15, 0.2) is 36.4 Å². The Labute approximate surface area is 185 Å². The third-order valence-electron chi connectivity index (χ3n) is 8.09. The molecule has 0 amide bonds. The minimum atomic E-state index is -3.25. The van der Waals surface area contributed by atoms with Gasteiger partial charge in [-0.05, 0) is 87.2 Å². The molecule has 0 spiro atoms. The van der Waals surface area contributed by atoms with Crippen LogP contribution in [0.1, 0.15) is 83.5 Å². The second-order valence-electron chi connectivity index (χ2n) is 10.2. The van der Waals surface area contributed by atoms with Crippen molar-refractivity contribution in [3.05, 3.63) is 42.2 Å². The third kappa shape index (κ3) is 6.29. The van der Waals surface area contributed by atoms with E-state index < -0.39 is 17.8 Å². The number of hydrogen-bond donors (Lipinski definition) is 0. The van der Waals surface area contributed by atoms with Gasteiger partial charge >= 0.3 is 6.11 Å². The molecule has 0 heterocycles. The van der Waals surface area contributed by atoms with E-state index in [1.807, 2.05) is 0 Å². The van der Waals surface area contributed by atoms with Crippen LogP contribution in [0, 0.1) is 35.4 Å². The summed E-state index contributed by atoms with van der Waals surface area (Å²) in [6, 6.07) is 5.02. The monoisotopic (exact) mass is 434 g/mol. The molecule has 0 N–H and O–H groups in total. The molecular weight excluding hydrogens is 397 g/mol. The van der Waals surface area contributed by atoms with E-state index in [4.69, 9.17) is 4.74 Å². The Bertz CT molecular complexity index is 709. The van der Waals surface area contributed by atoms with Gasteiger partial charge in [0, 0.05) is 6.07 Å². The Hall–Kier alpha value is -1.45. The van der Waals surface area contributed by atoms with E-state index in [0.717, 1.165) is 30.7 Å². The average molecular weight is 435 g/mol. The van der Waals surface area contributed by atoms with Crippen LogP contribution < -0.4 is 4.74 Å². The summed E-state index contributed by atoms with van der Waals surface area (Å²) >= 11 is 0. The number of halogens is 3. The van der Waals surface area contributed by atoms with Crippen molar-refractivity contribution in [1.82, 2.24) is 0 Å². The molecule has 0 aromatic heterocycles. The zero-order valence-electron chi connectivity index (χ0n) is 18.6. The van der Waals surface area contributed by atoms with Crippen LogP contribution in [0.4, 0.5) is 13.2 Å². The molecule has 0 aliphatic heterocycles. The maximum Gasteiger partial charge on any atom is 0.400 e. The molecule has 4 heteroatoms. The summed E-state index contributed by atoms with van der Waals surface area (Å²) in [5.41, 5.74) is 0. The number of ether oxygens (including phenoxy) is 1. The highest BCUT2D eigenvalue weighted by atomic mass is 19.3. The Balaban J connectivity index is 1.20. The molecule has 3 aliphatic rings. The lowest BCUT2D eigenvalue weighted by Gasteiger charge is -2.35. The molecule has 1 aromatic carbocycles. The molecular formula is C27H37F3O. The van der Waals surface area contributed by atoms with E-state index in [-0.39, 0.29) is 5.75 Å². The minimum Gasteiger partial charge on any atom is -0.432 e. The maximum atomic E-state index is 14.6. The first-order chi connectivity index (χ1) is 15.0. The lowest BCUT2D eigenvalue weighted by atomic mass is 9.71. The summed E-state index contributed by atoms with van der Waals surface area (Å²) in [5.74, 6) is 1.54. The first kappa shape index (κ1) is 22.7. The van der Waals surface area contributed by atoms with Crippen molar-refractivity contribution >= 4 is 0 Å². The highest BCUT2D eigenvalue weighted by Gasteiger charge is 2.43. The van der Waals surface area contributed by atoms with Crippen LogP contribution in [-0.4, -0.2) is 6.11 Å². The van der Waals surface area contributed by atoms with Crippen molar-refractivity contribution in [2.45, 2.75) is 89.6 Å². The van der Waals surface area contributed by atoms with Gasteiger partial charge in [0.1, 0.15) is 11.6 Å². The molecule has 3 aliphatic carbocycles. The van der Waals surface area contributed by atoms with Crippen LogP contribution >= 0.6 is 0 Å². The van der Waals surface area contributed by atoms with Gasteiger partial charge in [0.05, 0.1) is 5.92 Å². The van der Waals surface area contributed by atoms with Crippen molar-refractivity contribution in [3.8, 4) is 5.75 Å². The SMILES string of the molecule is Fc1cccc(OC(F)(F)C2CCC(/C=C/C3CCC(C4CCCCC4)CC3)CC2)c1. The van der Waals surface area contributed by atoms with Gasteiger partial charge in [-0.2, -0.15) is 8.78 Å². The summed E-state index contributed by atoms with van der Waals surface area (Å²) in [6.45, 7) is 0. The maximum absolute atomic E-state index is 14.6. The molecule has 31 heavy (non-hydrogen) atoms. The van der Waals surface area contributed by atoms with Crippen LogP contribution in [0.25, 0.3) is 0 Å². The van der Waals surface area contributed by atoms with Crippen molar-refractivity contribution in [1.29, 1.82) is 0 Å². The highest BCUT2D eigenvalue weighted by molar-refractivity contribution is 5.22. The summed E-state index contributed by atoms with van der Waals surface area (Å²) < 4.78 is 47.3. The van der Waals surface area contributed by atoms with Crippen LogP contribution in [0.2, 0.25) is 0 Å². The molecule has 172 valence electrons. The predicted octanol–water partition coefficient (Wildman–Crippen LogP) is 8.55. The molecule has 0 radical (unpaired) electrons. The van der Waals surface area contributed by atoms with E-state index in [1.54, 1.807) is 0 Å². The lowest BCUT2D eigenvalue weighted by Crippen LogP contribution is -2.37. The fourth-order valence-electron chi connectivity index (χ4n) is 6.15. The largest absolute Gasteiger partial charge is 0.432 e. The van der Waals surface area contributed by atoms with E-state index in [0.29, 0.717) is 24.7 Å². The Morgan fingerprint density at radius 1 is 0.742 bits per heavy atom. The second kappa shape index (κ2) is 10.4. The number of benzene rings is 1. The van der Waals surface area contributed by atoms with Gasteiger partial charge in [-0.3, -0.25) is 0 Å². The fourth-order valence-corrected chi connectivity index (χ4v) is 6.15. The molecule has 1 nitrogen and oxygen atoms in total. The molecule has 3 fully saturated rings. The van der Waals surface area contributed by atoms with Crippen molar-refractivity contribution in [2.24, 2.45) is 29.6 Å². The van der Waals surface area contributed by atoms with Gasteiger partial charge in [0.25, 0.3) is 0 Å². The van der Waals surface area contributed by atoms with Gasteiger partial charge in [0.15, 0.2) is 0 Å². The minimum absolute atomic E-state index is 0.101. The Kier molecular flexibility index (Phi) is 7.66. The Morgan fingerprint density at radius 3 is 1.94 bits per heavy atom. The van der Waals surface area contributed by atoms with Gasteiger partial charge in [-0.25, -0.2) is 4.39 Å². The smallest absolute Gasteiger partial charge is 0.400 e. The van der Waals surface area contributed by atoms with Gasteiger partial charge in [-0.15, -0.1) is 0 Å². The summed E-state index contributed by atoms with van der Waals surface area (Å²) in [7, 11) is 0. The molecule has 4 rings (SSSR count). The highest BCUT2D eigenvalue weighted by Crippen LogP contribution is 2.42. The van der Waals surface area contributed by atoms with E-state index in [1.165, 1.54) is 76.0 Å². The predicted molar refractivity (Wildman–Crippen MR) is 119 cm³/mol. The van der Waals surface area contributed by atoms with Crippen LogP contribution in [0.3, 0.4) is 0 Å². The average Bonchev–Trinajstić information content (AvgIpc) is 2.79. The molecule has 0 bridgehead atoms. The van der Waals surface area contributed by atoms with Gasteiger partial charge < -0.3 is 4.74 Å². The first-order valence-corrected chi connectivity index (χ1v) is 12.5. The number of allylic oxidation sites excluding steroid dienone is 2. The summed E-state index contributed by atoms with van der Waals surface area (Å²) in [6.07, 6.45) is 16.4. The topological polar surface area (TPSA) is 9.23 Å². The fraction of sp³-hybridized carbons (Fsp3) is 0.704. The van der Waals surface area contributed by atoms with Crippen molar-refractivity contribution in [3.63, 3.8) is 0 Å². The number of hydrogen-bond acceptors (Lipinski definition) is 1. The van der Waals surface area contributed by atoms with E-state index >= 15 is 0 Å². The quantitative estimate of drug-likeness (QED) is 0.408. The van der Waals surface area contributed by atoms with E-state index in [9.17, 15) is 13.2 Å². The summed E-state index contributed by atoms with van der Waals surface area (Å²) in [4.78, 5) is 0. The second-order valence-corrected chi connectivity index (χ2v) is 10.2. The molecule has 0 unspecified atom stereocenters. The lowest BCUT2D eigenvalue weighted by molar-refractivity contribution is -0.223.